The number of aryl methyl sites for hydroxylation is 1. The Morgan fingerprint density at radius 1 is 1.19 bits per heavy atom. The Bertz CT molecular complexity index is 925. The van der Waals surface area contributed by atoms with Crippen LogP contribution in [-0.2, 0) is 10.0 Å². The van der Waals surface area contributed by atoms with Crippen LogP contribution in [-0.4, -0.2) is 19.9 Å². The predicted octanol–water partition coefficient (Wildman–Crippen LogP) is 4.63. The number of allylic oxidation sites excluding steroid dienone is 1. The molecule has 0 atom stereocenters. The molecule has 144 valence electrons. The van der Waals surface area contributed by atoms with Gasteiger partial charge in [-0.2, -0.15) is 0 Å². The molecule has 1 aromatic heterocycles. The van der Waals surface area contributed by atoms with Gasteiger partial charge in [0.1, 0.15) is 11.6 Å². The monoisotopic (exact) mass is 389 g/mol. The number of aromatic nitrogens is 1. The van der Waals surface area contributed by atoms with Gasteiger partial charge in [-0.25, -0.2) is 17.8 Å². The number of halogens is 1. The predicted molar refractivity (Wildman–Crippen MR) is 106 cm³/mol. The molecule has 1 aliphatic rings. The van der Waals surface area contributed by atoms with E-state index in [1.807, 2.05) is 0 Å². The lowest BCUT2D eigenvalue weighted by Gasteiger charge is -2.13. The van der Waals surface area contributed by atoms with E-state index in [-0.39, 0.29) is 4.90 Å². The zero-order chi connectivity index (χ0) is 19.3. The summed E-state index contributed by atoms with van der Waals surface area (Å²) in [6, 6.07) is 6.99. The quantitative estimate of drug-likeness (QED) is 0.677. The largest absolute Gasteiger partial charge is 0.370 e. The van der Waals surface area contributed by atoms with Gasteiger partial charge in [-0.1, -0.05) is 11.6 Å². The van der Waals surface area contributed by atoms with E-state index in [4.69, 9.17) is 0 Å². The Labute approximate surface area is 159 Å². The highest BCUT2D eigenvalue weighted by molar-refractivity contribution is 7.92. The Kier molecular flexibility index (Phi) is 6.11. The van der Waals surface area contributed by atoms with Crippen LogP contribution in [0.5, 0.6) is 0 Å². The first-order valence-corrected chi connectivity index (χ1v) is 10.6. The third-order valence-electron chi connectivity index (χ3n) is 4.58. The molecule has 1 aliphatic carbocycles. The fraction of sp³-hybridized carbons (Fsp3) is 0.350. The molecule has 0 unspecified atom stereocenters. The van der Waals surface area contributed by atoms with Gasteiger partial charge in [-0.05, 0) is 74.9 Å². The van der Waals surface area contributed by atoms with Crippen molar-refractivity contribution in [1.82, 2.24) is 4.98 Å². The lowest BCUT2D eigenvalue weighted by atomic mass is 9.97. The van der Waals surface area contributed by atoms with E-state index in [1.54, 1.807) is 19.1 Å². The zero-order valence-corrected chi connectivity index (χ0v) is 16.2. The number of hydrogen-bond donors (Lipinski definition) is 2. The van der Waals surface area contributed by atoms with Crippen LogP contribution in [0.25, 0.3) is 0 Å². The van der Waals surface area contributed by atoms with E-state index in [2.05, 4.69) is 21.1 Å². The number of pyridine rings is 1. The van der Waals surface area contributed by atoms with Crippen molar-refractivity contribution in [2.75, 3.05) is 16.6 Å². The van der Waals surface area contributed by atoms with Crippen LogP contribution >= 0.6 is 0 Å². The number of rotatable bonds is 7. The Balaban J connectivity index is 1.59. The summed E-state index contributed by atoms with van der Waals surface area (Å²) < 4.78 is 40.6. The molecule has 1 aromatic carbocycles. The minimum Gasteiger partial charge on any atom is -0.370 e. The molecular formula is C20H24FN3O2S. The van der Waals surface area contributed by atoms with E-state index >= 15 is 0 Å². The summed E-state index contributed by atoms with van der Waals surface area (Å²) in [5.41, 5.74) is 2.21. The van der Waals surface area contributed by atoms with Crippen LogP contribution in [0.15, 0.2) is 53.1 Å². The summed E-state index contributed by atoms with van der Waals surface area (Å²) in [7, 11) is -3.79. The number of hydrogen-bond acceptors (Lipinski definition) is 4. The minimum atomic E-state index is -3.79. The average Bonchev–Trinajstić information content (AvgIpc) is 2.63. The maximum atomic E-state index is 13.2. The van der Waals surface area contributed by atoms with Crippen molar-refractivity contribution in [3.8, 4) is 0 Å². The molecule has 0 amide bonds. The summed E-state index contributed by atoms with van der Waals surface area (Å²) in [5, 5.41) is 3.26. The maximum absolute atomic E-state index is 13.2. The molecular weight excluding hydrogens is 365 g/mol. The summed E-state index contributed by atoms with van der Waals surface area (Å²) in [4.78, 5) is 4.31. The maximum Gasteiger partial charge on any atom is 0.262 e. The van der Waals surface area contributed by atoms with Crippen LogP contribution in [0.4, 0.5) is 15.9 Å². The SMILES string of the molecule is Cc1cc(F)ccc1S(=O)(=O)Nc1ccc(NCCC2=CCCCC2)nc1. The smallest absolute Gasteiger partial charge is 0.262 e. The molecule has 2 aromatic rings. The Morgan fingerprint density at radius 3 is 2.70 bits per heavy atom. The van der Waals surface area contributed by atoms with Gasteiger partial charge in [0.05, 0.1) is 16.8 Å². The van der Waals surface area contributed by atoms with Gasteiger partial charge in [0.15, 0.2) is 0 Å². The molecule has 0 spiro atoms. The lowest BCUT2D eigenvalue weighted by molar-refractivity contribution is 0.598. The van der Waals surface area contributed by atoms with E-state index in [0.717, 1.165) is 19.0 Å². The highest BCUT2D eigenvalue weighted by atomic mass is 32.2. The lowest BCUT2D eigenvalue weighted by Crippen LogP contribution is -2.14. The van der Waals surface area contributed by atoms with Gasteiger partial charge < -0.3 is 5.32 Å². The van der Waals surface area contributed by atoms with Crippen molar-refractivity contribution in [2.45, 2.75) is 43.9 Å². The summed E-state index contributed by atoms with van der Waals surface area (Å²) in [6.07, 6.45) is 9.71. The molecule has 0 radical (unpaired) electrons. The first-order chi connectivity index (χ1) is 12.9. The molecule has 0 aliphatic heterocycles. The van der Waals surface area contributed by atoms with Crippen molar-refractivity contribution in [3.05, 3.63) is 59.6 Å². The van der Waals surface area contributed by atoms with Gasteiger partial charge in [-0.15, -0.1) is 0 Å². The molecule has 1 heterocycles. The molecule has 3 rings (SSSR count). The average molecular weight is 389 g/mol. The third kappa shape index (κ3) is 5.29. The Hall–Kier alpha value is -2.41. The second-order valence-corrected chi connectivity index (χ2v) is 8.38. The van der Waals surface area contributed by atoms with Gasteiger partial charge in [0.2, 0.25) is 0 Å². The van der Waals surface area contributed by atoms with Gasteiger partial charge in [-0.3, -0.25) is 4.72 Å². The molecule has 0 saturated heterocycles. The van der Waals surface area contributed by atoms with Gasteiger partial charge >= 0.3 is 0 Å². The Morgan fingerprint density at radius 2 is 2.04 bits per heavy atom. The normalized spacial score (nSPS) is 14.5. The van der Waals surface area contributed by atoms with Crippen molar-refractivity contribution >= 4 is 21.5 Å². The molecule has 27 heavy (non-hydrogen) atoms. The number of anilines is 2. The fourth-order valence-electron chi connectivity index (χ4n) is 3.17. The molecule has 0 saturated carbocycles. The number of nitrogens with one attached hydrogen (secondary N) is 2. The van der Waals surface area contributed by atoms with Crippen molar-refractivity contribution < 1.29 is 12.8 Å². The van der Waals surface area contributed by atoms with Crippen LogP contribution < -0.4 is 10.0 Å². The van der Waals surface area contributed by atoms with Gasteiger partial charge in [0, 0.05) is 6.54 Å². The van der Waals surface area contributed by atoms with Crippen LogP contribution in [0, 0.1) is 12.7 Å². The molecule has 0 fully saturated rings. The second kappa shape index (κ2) is 8.52. The van der Waals surface area contributed by atoms with Crippen LogP contribution in [0.3, 0.4) is 0 Å². The number of sulfonamides is 1. The standard InChI is InChI=1S/C20H24FN3O2S/c1-15-13-17(21)7-9-19(15)27(25,26)24-18-8-10-20(23-14-18)22-12-11-16-5-3-2-4-6-16/h5,7-10,13-14,24H,2-4,6,11-12H2,1H3,(H,22,23). The van der Waals surface area contributed by atoms with Gasteiger partial charge in [0.25, 0.3) is 10.0 Å². The summed E-state index contributed by atoms with van der Waals surface area (Å²) in [5.74, 6) is 0.236. The minimum absolute atomic E-state index is 0.0480. The summed E-state index contributed by atoms with van der Waals surface area (Å²) in [6.45, 7) is 2.36. The molecule has 7 heteroatoms. The zero-order valence-electron chi connectivity index (χ0n) is 15.3. The number of nitrogens with zero attached hydrogens (tertiary/aromatic N) is 1. The van der Waals surface area contributed by atoms with Crippen LogP contribution in [0.1, 0.15) is 37.7 Å². The van der Waals surface area contributed by atoms with Crippen LogP contribution in [0.2, 0.25) is 0 Å². The van der Waals surface area contributed by atoms with E-state index in [0.29, 0.717) is 17.1 Å². The second-order valence-electron chi connectivity index (χ2n) is 6.73. The topological polar surface area (TPSA) is 71.1 Å². The highest BCUT2D eigenvalue weighted by Gasteiger charge is 2.17. The van der Waals surface area contributed by atoms with Crippen molar-refractivity contribution in [3.63, 3.8) is 0 Å². The van der Waals surface area contributed by atoms with Crippen molar-refractivity contribution in [2.24, 2.45) is 0 Å². The fourth-order valence-corrected chi connectivity index (χ4v) is 4.44. The molecule has 5 nitrogen and oxygen atoms in total. The van der Waals surface area contributed by atoms with E-state index in [1.165, 1.54) is 49.6 Å². The highest BCUT2D eigenvalue weighted by Crippen LogP contribution is 2.22. The summed E-state index contributed by atoms with van der Waals surface area (Å²) >= 11 is 0. The molecule has 2 N–H and O–H groups in total. The van der Waals surface area contributed by atoms with E-state index < -0.39 is 15.8 Å². The number of benzene rings is 1. The first kappa shape index (κ1) is 19.4. The molecule has 0 bridgehead atoms. The van der Waals surface area contributed by atoms with Crippen molar-refractivity contribution in [1.29, 1.82) is 0 Å². The first-order valence-electron chi connectivity index (χ1n) is 9.11. The third-order valence-corrected chi connectivity index (χ3v) is 6.12. The van der Waals surface area contributed by atoms with E-state index in [9.17, 15) is 12.8 Å².